The predicted octanol–water partition coefficient (Wildman–Crippen LogP) is 4.19. The first kappa shape index (κ1) is 25.0. The number of unbranched alkanes of at least 4 members (excludes halogenated alkanes) is 4. The van der Waals surface area contributed by atoms with Crippen LogP contribution in [-0.2, 0) is 4.79 Å². The molecule has 0 atom stereocenters. The second-order valence-electron chi connectivity index (χ2n) is 9.48. The Hall–Kier alpha value is -3.10. The summed E-state index contributed by atoms with van der Waals surface area (Å²) < 4.78 is 22.8. The Morgan fingerprint density at radius 3 is 2.40 bits per heavy atom. The summed E-state index contributed by atoms with van der Waals surface area (Å²) in [6, 6.07) is 1.18. The lowest BCUT2D eigenvalue weighted by molar-refractivity contribution is -0.131. The summed E-state index contributed by atoms with van der Waals surface area (Å²) in [7, 11) is 1.43. The van der Waals surface area contributed by atoms with Crippen molar-refractivity contribution in [1.82, 2.24) is 9.47 Å². The maximum Gasteiger partial charge on any atom is 0.341 e. The van der Waals surface area contributed by atoms with Crippen LogP contribution >= 0.6 is 0 Å². The second kappa shape index (κ2) is 10.7. The van der Waals surface area contributed by atoms with Crippen LogP contribution in [0.25, 0.3) is 10.9 Å². The molecule has 1 N–H and O–H groups in total. The zero-order valence-electron chi connectivity index (χ0n) is 20.5. The molecule has 0 bridgehead atoms. The molecule has 1 aliphatic carbocycles. The van der Waals surface area contributed by atoms with Gasteiger partial charge in [0.05, 0.1) is 18.0 Å². The standard InChI is InChI=1S/C26H34FN3O5/c1-3-4-5-6-7-8-21(31)28-11-13-29(14-12-28)23-20(27)15-18-22(25(23)35-2)30(17-9-10-17)16-19(24(18)32)26(33)34/h15-17H,3-14H2,1-2H3,(H,33,34). The Kier molecular flexibility index (Phi) is 7.62. The van der Waals surface area contributed by atoms with Crippen LogP contribution < -0.4 is 15.1 Å². The number of amides is 1. The lowest BCUT2D eigenvalue weighted by atomic mass is 10.1. The van der Waals surface area contributed by atoms with Crippen molar-refractivity contribution in [1.29, 1.82) is 0 Å². The van der Waals surface area contributed by atoms with Gasteiger partial charge in [0.15, 0.2) is 11.6 Å². The summed E-state index contributed by atoms with van der Waals surface area (Å²) in [5.74, 6) is -1.60. The number of nitrogens with zero attached hydrogens (tertiary/aromatic N) is 3. The van der Waals surface area contributed by atoms with Crippen LogP contribution in [0.1, 0.15) is 74.7 Å². The van der Waals surface area contributed by atoms with Gasteiger partial charge in [-0.15, -0.1) is 0 Å². The maximum absolute atomic E-state index is 15.4. The largest absolute Gasteiger partial charge is 0.492 e. The first-order valence-corrected chi connectivity index (χ1v) is 12.6. The van der Waals surface area contributed by atoms with E-state index in [0.29, 0.717) is 38.1 Å². The van der Waals surface area contributed by atoms with E-state index in [0.717, 1.165) is 38.2 Å². The molecule has 2 aromatic rings. The monoisotopic (exact) mass is 487 g/mol. The molecular weight excluding hydrogens is 453 g/mol. The van der Waals surface area contributed by atoms with Gasteiger partial charge < -0.3 is 24.2 Å². The minimum atomic E-state index is -1.33. The van der Waals surface area contributed by atoms with Crippen LogP contribution in [-0.4, -0.2) is 59.7 Å². The summed E-state index contributed by atoms with van der Waals surface area (Å²) in [6.07, 6.45) is 9.06. The zero-order chi connectivity index (χ0) is 25.1. The Labute approximate surface area is 204 Å². The highest BCUT2D eigenvalue weighted by molar-refractivity contribution is 5.97. The number of fused-ring (bicyclic) bond motifs is 1. The van der Waals surface area contributed by atoms with E-state index in [4.69, 9.17) is 4.74 Å². The zero-order valence-corrected chi connectivity index (χ0v) is 20.5. The van der Waals surface area contributed by atoms with E-state index in [-0.39, 0.29) is 34.3 Å². The molecule has 1 aromatic carbocycles. The van der Waals surface area contributed by atoms with Crippen molar-refractivity contribution in [3.05, 3.63) is 33.9 Å². The molecule has 1 amide bonds. The van der Waals surface area contributed by atoms with Gasteiger partial charge in [0.2, 0.25) is 11.3 Å². The third kappa shape index (κ3) is 5.13. The number of piperazine rings is 1. The number of aromatic nitrogens is 1. The molecule has 9 heteroatoms. The number of carbonyl (C=O) groups excluding carboxylic acids is 1. The lowest BCUT2D eigenvalue weighted by Crippen LogP contribution is -2.49. The molecule has 35 heavy (non-hydrogen) atoms. The third-order valence-electron chi connectivity index (χ3n) is 7.02. The van der Waals surface area contributed by atoms with Gasteiger partial charge in [-0.25, -0.2) is 9.18 Å². The van der Waals surface area contributed by atoms with Crippen LogP contribution in [0, 0.1) is 5.82 Å². The van der Waals surface area contributed by atoms with Crippen molar-refractivity contribution >= 4 is 28.5 Å². The van der Waals surface area contributed by atoms with E-state index in [1.807, 2.05) is 9.80 Å². The predicted molar refractivity (Wildman–Crippen MR) is 132 cm³/mol. The maximum atomic E-state index is 15.4. The molecule has 2 aliphatic rings. The summed E-state index contributed by atoms with van der Waals surface area (Å²) >= 11 is 0. The SMILES string of the molecule is CCCCCCCC(=O)N1CCN(c2c(F)cc3c(=O)c(C(=O)O)cn(C4CC4)c3c2OC)CC1. The van der Waals surface area contributed by atoms with E-state index >= 15 is 4.39 Å². The first-order chi connectivity index (χ1) is 16.9. The van der Waals surface area contributed by atoms with Gasteiger partial charge in [0.1, 0.15) is 11.3 Å². The Morgan fingerprint density at radius 2 is 1.80 bits per heavy atom. The third-order valence-corrected chi connectivity index (χ3v) is 7.02. The fourth-order valence-corrected chi connectivity index (χ4v) is 4.94. The van der Waals surface area contributed by atoms with Crippen LogP contribution in [0.5, 0.6) is 5.75 Å². The minimum Gasteiger partial charge on any atom is -0.492 e. The highest BCUT2D eigenvalue weighted by atomic mass is 19.1. The molecule has 0 unspecified atom stereocenters. The molecule has 2 heterocycles. The highest BCUT2D eigenvalue weighted by Gasteiger charge is 2.32. The second-order valence-corrected chi connectivity index (χ2v) is 9.48. The minimum absolute atomic E-state index is 0.00628. The number of halogens is 1. The number of rotatable bonds is 10. The van der Waals surface area contributed by atoms with E-state index in [1.54, 1.807) is 4.57 Å². The van der Waals surface area contributed by atoms with Gasteiger partial charge >= 0.3 is 5.97 Å². The molecule has 0 spiro atoms. The Bertz CT molecular complexity index is 1170. The molecule has 8 nitrogen and oxygen atoms in total. The summed E-state index contributed by atoms with van der Waals surface area (Å²) in [4.78, 5) is 40.8. The number of ether oxygens (including phenoxy) is 1. The van der Waals surface area contributed by atoms with Crippen molar-refractivity contribution in [2.45, 2.75) is 64.3 Å². The van der Waals surface area contributed by atoms with E-state index < -0.39 is 17.2 Å². The van der Waals surface area contributed by atoms with Gasteiger partial charge in [0, 0.05) is 44.8 Å². The number of methoxy groups -OCH3 is 1. The number of carboxylic acids is 1. The molecule has 2 fully saturated rings. The number of carbonyl (C=O) groups is 2. The summed E-state index contributed by atoms with van der Waals surface area (Å²) in [6.45, 7) is 4.03. The smallest absolute Gasteiger partial charge is 0.341 e. The van der Waals surface area contributed by atoms with Gasteiger partial charge in [-0.3, -0.25) is 9.59 Å². The average Bonchev–Trinajstić information content (AvgIpc) is 3.69. The molecule has 1 aliphatic heterocycles. The highest BCUT2D eigenvalue weighted by Crippen LogP contribution is 2.43. The first-order valence-electron chi connectivity index (χ1n) is 12.6. The Balaban J connectivity index is 1.59. The number of hydrogen-bond donors (Lipinski definition) is 1. The molecule has 1 saturated carbocycles. The summed E-state index contributed by atoms with van der Waals surface area (Å²) in [5, 5.41) is 9.50. The average molecular weight is 488 g/mol. The van der Waals surface area contributed by atoms with Crippen molar-refractivity contribution in [2.75, 3.05) is 38.2 Å². The Morgan fingerprint density at radius 1 is 1.11 bits per heavy atom. The van der Waals surface area contributed by atoms with Crippen molar-refractivity contribution in [3.63, 3.8) is 0 Å². The number of benzene rings is 1. The number of pyridine rings is 1. The lowest BCUT2D eigenvalue weighted by Gasteiger charge is -2.37. The molecular formula is C26H34FN3O5. The van der Waals surface area contributed by atoms with Gasteiger partial charge in [-0.1, -0.05) is 32.6 Å². The van der Waals surface area contributed by atoms with E-state index in [9.17, 15) is 19.5 Å². The normalized spacial score (nSPS) is 16.1. The molecule has 4 rings (SSSR count). The van der Waals surface area contributed by atoms with Gasteiger partial charge in [-0.2, -0.15) is 0 Å². The van der Waals surface area contributed by atoms with Crippen molar-refractivity contribution in [3.8, 4) is 5.75 Å². The molecule has 0 radical (unpaired) electrons. The van der Waals surface area contributed by atoms with Crippen LogP contribution in [0.2, 0.25) is 0 Å². The number of aromatic carboxylic acids is 1. The summed E-state index contributed by atoms with van der Waals surface area (Å²) in [5.41, 5.74) is -0.418. The fourth-order valence-electron chi connectivity index (χ4n) is 4.94. The molecule has 190 valence electrons. The fraction of sp³-hybridized carbons (Fsp3) is 0.577. The van der Waals surface area contributed by atoms with Crippen molar-refractivity contribution < 1.29 is 23.8 Å². The molecule has 1 aromatic heterocycles. The number of anilines is 1. The topological polar surface area (TPSA) is 92.1 Å². The van der Waals surface area contributed by atoms with E-state index in [2.05, 4.69) is 6.92 Å². The number of hydrogen-bond acceptors (Lipinski definition) is 5. The quantitative estimate of drug-likeness (QED) is 0.505. The van der Waals surface area contributed by atoms with Crippen LogP contribution in [0.15, 0.2) is 17.1 Å². The van der Waals surface area contributed by atoms with Crippen molar-refractivity contribution in [2.24, 2.45) is 0 Å². The van der Waals surface area contributed by atoms with Gasteiger partial charge in [0.25, 0.3) is 0 Å². The van der Waals surface area contributed by atoms with Crippen LogP contribution in [0.4, 0.5) is 10.1 Å². The number of carboxylic acid groups (broad SMARTS) is 1. The van der Waals surface area contributed by atoms with Gasteiger partial charge in [-0.05, 0) is 25.3 Å². The molecule has 1 saturated heterocycles. The van der Waals surface area contributed by atoms with Crippen LogP contribution in [0.3, 0.4) is 0 Å². The van der Waals surface area contributed by atoms with E-state index in [1.165, 1.54) is 26.1 Å².